The Morgan fingerprint density at radius 3 is 2.47 bits per heavy atom. The van der Waals surface area contributed by atoms with Crippen LogP contribution in [0.3, 0.4) is 0 Å². The van der Waals surface area contributed by atoms with Crippen molar-refractivity contribution in [3.63, 3.8) is 0 Å². The van der Waals surface area contributed by atoms with Gasteiger partial charge in [0.25, 0.3) is 0 Å². The lowest BCUT2D eigenvalue weighted by atomic mass is 10.0. The molecule has 0 amide bonds. The number of thiophene rings is 1. The van der Waals surface area contributed by atoms with Gasteiger partial charge in [0.05, 0.1) is 18.5 Å². The quantitative estimate of drug-likeness (QED) is 0.281. The van der Waals surface area contributed by atoms with Gasteiger partial charge in [-0.1, -0.05) is 61.8 Å². The third-order valence-electron chi connectivity index (χ3n) is 5.01. The van der Waals surface area contributed by atoms with Crippen molar-refractivity contribution in [2.75, 3.05) is 12.4 Å². The number of carbonyl (C=O) groups is 1. The molecule has 0 atom stereocenters. The molecule has 2 aromatic heterocycles. The van der Waals surface area contributed by atoms with Crippen molar-refractivity contribution in [2.45, 2.75) is 26.7 Å². The summed E-state index contributed by atoms with van der Waals surface area (Å²) in [5, 5.41) is 4.85. The lowest BCUT2D eigenvalue weighted by molar-refractivity contribution is 0.0607. The highest BCUT2D eigenvalue weighted by Gasteiger charge is 2.21. The Bertz CT molecular complexity index is 1260. The highest BCUT2D eigenvalue weighted by atomic mass is 35.5. The number of aryl methyl sites for hydroxylation is 1. The summed E-state index contributed by atoms with van der Waals surface area (Å²) in [7, 11) is 1.40. The molecule has 0 fully saturated rings. The number of thiazole rings is 1. The summed E-state index contributed by atoms with van der Waals surface area (Å²) in [5.74, 6) is -0.0645. The molecule has 0 unspecified atom stereocenters. The number of esters is 1. The largest absolute Gasteiger partial charge is 0.465 e. The smallest absolute Gasteiger partial charge is 0.350 e. The van der Waals surface area contributed by atoms with Gasteiger partial charge in [-0.05, 0) is 42.2 Å². The second-order valence-corrected chi connectivity index (χ2v) is 10.2. The van der Waals surface area contributed by atoms with Crippen molar-refractivity contribution >= 4 is 51.1 Å². The average Bonchev–Trinajstić information content (AvgIpc) is 3.41. The molecule has 4 nitrogen and oxygen atoms in total. The van der Waals surface area contributed by atoms with Crippen LogP contribution in [0.4, 0.5) is 10.8 Å². The molecule has 0 saturated heterocycles. The van der Waals surface area contributed by atoms with Crippen LogP contribution in [-0.4, -0.2) is 18.1 Å². The molecule has 1 N–H and O–H groups in total. The van der Waals surface area contributed by atoms with E-state index in [1.165, 1.54) is 23.3 Å². The fourth-order valence-electron chi connectivity index (χ4n) is 3.36. The van der Waals surface area contributed by atoms with Crippen LogP contribution in [0.15, 0.2) is 54.6 Å². The van der Waals surface area contributed by atoms with Crippen LogP contribution in [-0.2, 0) is 4.74 Å². The maximum absolute atomic E-state index is 12.5. The lowest BCUT2D eigenvalue weighted by Gasteiger charge is -2.06. The van der Waals surface area contributed by atoms with E-state index in [0.717, 1.165) is 37.4 Å². The summed E-state index contributed by atoms with van der Waals surface area (Å²) >= 11 is 9.23. The van der Waals surface area contributed by atoms with Gasteiger partial charge in [-0.3, -0.25) is 0 Å². The SMILES string of the molecule is COC(=O)c1sc(-c2ccccc2)cc1Nc1nc(-c2ccc(Cl)c(C)c2)c(C(C)C)s1. The van der Waals surface area contributed by atoms with Crippen molar-refractivity contribution < 1.29 is 9.53 Å². The van der Waals surface area contributed by atoms with E-state index in [1.54, 1.807) is 11.3 Å². The molecule has 0 radical (unpaired) electrons. The standard InChI is InChI=1S/C25H23ClN2O2S2/c1-14(2)22-21(17-10-11-18(26)15(3)12-17)28-25(32-22)27-19-13-20(16-8-6-5-7-9-16)31-23(19)24(29)30-4/h5-14H,1-4H3,(H,27,28). The fourth-order valence-corrected chi connectivity index (χ4v) is 5.52. The van der Waals surface area contributed by atoms with Crippen LogP contribution in [0, 0.1) is 6.92 Å². The first-order valence-corrected chi connectivity index (χ1v) is 12.2. The highest BCUT2D eigenvalue weighted by Crippen LogP contribution is 2.41. The van der Waals surface area contributed by atoms with E-state index >= 15 is 0 Å². The van der Waals surface area contributed by atoms with Gasteiger partial charge in [-0.15, -0.1) is 22.7 Å². The minimum Gasteiger partial charge on any atom is -0.465 e. The predicted octanol–water partition coefficient (Wildman–Crippen LogP) is 8.15. The van der Waals surface area contributed by atoms with E-state index in [-0.39, 0.29) is 5.97 Å². The third kappa shape index (κ3) is 4.58. The van der Waals surface area contributed by atoms with Crippen molar-refractivity contribution in [3.05, 3.63) is 74.9 Å². The number of nitrogens with one attached hydrogen (secondary N) is 1. The summed E-state index contributed by atoms with van der Waals surface area (Å²) in [6.07, 6.45) is 0. The van der Waals surface area contributed by atoms with Gasteiger partial charge in [0, 0.05) is 20.3 Å². The number of benzene rings is 2. The number of rotatable bonds is 6. The number of nitrogens with zero attached hydrogens (tertiary/aromatic N) is 1. The van der Waals surface area contributed by atoms with Crippen LogP contribution in [0.5, 0.6) is 0 Å². The molecule has 0 aliphatic carbocycles. The molecule has 0 aliphatic heterocycles. The minimum absolute atomic E-state index is 0.302. The van der Waals surface area contributed by atoms with Crippen LogP contribution in [0.1, 0.15) is 39.9 Å². The molecular weight excluding hydrogens is 460 g/mol. The van der Waals surface area contributed by atoms with Crippen LogP contribution >= 0.6 is 34.3 Å². The topological polar surface area (TPSA) is 51.2 Å². The van der Waals surface area contributed by atoms with Gasteiger partial charge in [0.1, 0.15) is 4.88 Å². The Kier molecular flexibility index (Phi) is 6.65. The third-order valence-corrected chi connectivity index (χ3v) is 7.87. The number of anilines is 2. The molecular formula is C25H23ClN2O2S2. The molecule has 0 saturated carbocycles. The first kappa shape index (κ1) is 22.5. The van der Waals surface area contributed by atoms with Crippen molar-refractivity contribution in [1.29, 1.82) is 0 Å². The van der Waals surface area contributed by atoms with E-state index in [9.17, 15) is 4.79 Å². The zero-order chi connectivity index (χ0) is 22.8. The molecule has 0 spiro atoms. The van der Waals surface area contributed by atoms with Gasteiger partial charge in [0.15, 0.2) is 5.13 Å². The second-order valence-electron chi connectivity index (χ2n) is 7.69. The van der Waals surface area contributed by atoms with Gasteiger partial charge in [0.2, 0.25) is 0 Å². The first-order chi connectivity index (χ1) is 15.4. The van der Waals surface area contributed by atoms with Crippen LogP contribution < -0.4 is 5.32 Å². The summed E-state index contributed by atoms with van der Waals surface area (Å²) in [4.78, 5) is 20.0. The van der Waals surface area contributed by atoms with E-state index in [0.29, 0.717) is 16.5 Å². The minimum atomic E-state index is -0.367. The number of ether oxygens (including phenoxy) is 1. The van der Waals surface area contributed by atoms with Crippen molar-refractivity contribution in [2.24, 2.45) is 0 Å². The molecule has 0 bridgehead atoms. The fraction of sp³-hybridized carbons (Fsp3) is 0.200. The predicted molar refractivity (Wildman–Crippen MR) is 136 cm³/mol. The zero-order valence-corrected chi connectivity index (χ0v) is 20.6. The van der Waals surface area contributed by atoms with E-state index in [1.807, 2.05) is 55.5 Å². The number of hydrogen-bond acceptors (Lipinski definition) is 6. The molecule has 0 aliphatic rings. The van der Waals surface area contributed by atoms with Gasteiger partial charge >= 0.3 is 5.97 Å². The average molecular weight is 483 g/mol. The van der Waals surface area contributed by atoms with Gasteiger partial charge in [-0.2, -0.15) is 0 Å². The van der Waals surface area contributed by atoms with E-state index in [2.05, 4.69) is 25.2 Å². The van der Waals surface area contributed by atoms with Crippen LogP contribution in [0.25, 0.3) is 21.7 Å². The summed E-state index contributed by atoms with van der Waals surface area (Å²) in [6.45, 7) is 6.30. The number of hydrogen-bond donors (Lipinski definition) is 1. The van der Waals surface area contributed by atoms with Gasteiger partial charge < -0.3 is 10.1 Å². The number of carbonyl (C=O) groups excluding carboxylic acids is 1. The molecule has 32 heavy (non-hydrogen) atoms. The molecule has 4 aromatic rings. The van der Waals surface area contributed by atoms with E-state index < -0.39 is 0 Å². The summed E-state index contributed by atoms with van der Waals surface area (Å²) in [6, 6.07) is 17.9. The molecule has 164 valence electrons. The van der Waals surface area contributed by atoms with Crippen molar-refractivity contribution in [3.8, 4) is 21.7 Å². The van der Waals surface area contributed by atoms with Crippen LogP contribution in [0.2, 0.25) is 5.02 Å². The van der Waals surface area contributed by atoms with E-state index in [4.69, 9.17) is 21.3 Å². The first-order valence-electron chi connectivity index (χ1n) is 10.2. The maximum Gasteiger partial charge on any atom is 0.350 e. The molecule has 2 heterocycles. The Morgan fingerprint density at radius 2 is 1.81 bits per heavy atom. The zero-order valence-electron chi connectivity index (χ0n) is 18.2. The number of halogens is 1. The van der Waals surface area contributed by atoms with Crippen molar-refractivity contribution in [1.82, 2.24) is 4.98 Å². The Hall–Kier alpha value is -2.67. The second kappa shape index (κ2) is 9.45. The molecule has 2 aromatic carbocycles. The molecule has 4 rings (SSSR count). The summed E-state index contributed by atoms with van der Waals surface area (Å²) < 4.78 is 5.03. The normalized spacial score (nSPS) is 11.1. The number of methoxy groups -OCH3 is 1. The summed E-state index contributed by atoms with van der Waals surface area (Å²) in [5.41, 5.74) is 4.73. The Morgan fingerprint density at radius 1 is 1.06 bits per heavy atom. The van der Waals surface area contributed by atoms with Gasteiger partial charge in [-0.25, -0.2) is 9.78 Å². The lowest BCUT2D eigenvalue weighted by Crippen LogP contribution is -2.01. The Labute approximate surface area is 200 Å². The Balaban J connectivity index is 1.75. The highest BCUT2D eigenvalue weighted by molar-refractivity contribution is 7.18. The number of aromatic nitrogens is 1. The molecule has 7 heteroatoms. The maximum atomic E-state index is 12.5. The monoisotopic (exact) mass is 482 g/mol.